The molecule has 0 radical (unpaired) electrons. The Kier molecular flexibility index (Phi) is 8.57. The van der Waals surface area contributed by atoms with E-state index in [9.17, 15) is 0 Å². The summed E-state index contributed by atoms with van der Waals surface area (Å²) in [7, 11) is 0. The van der Waals surface area contributed by atoms with Crippen LogP contribution in [0.4, 0.5) is 0 Å². The van der Waals surface area contributed by atoms with Crippen molar-refractivity contribution in [3.8, 4) is 0 Å². The fourth-order valence-corrected chi connectivity index (χ4v) is 4.40. The highest BCUT2D eigenvalue weighted by molar-refractivity contribution is 14.0. The zero-order chi connectivity index (χ0) is 16.0. The Hall–Kier alpha value is -0.0800. The van der Waals surface area contributed by atoms with Gasteiger partial charge in [-0.25, -0.2) is 0 Å². The first-order valence-corrected chi connectivity index (χ1v) is 9.70. The van der Waals surface area contributed by atoms with Crippen LogP contribution in [-0.4, -0.2) is 73.8 Å². The molecule has 0 aromatic rings. The molecule has 0 bridgehead atoms. The van der Waals surface area contributed by atoms with Gasteiger partial charge in [0.2, 0.25) is 0 Å². The average Bonchev–Trinajstić information content (AvgIpc) is 3.15. The molecule has 0 amide bonds. The summed E-state index contributed by atoms with van der Waals surface area (Å²) < 4.78 is 5.58. The van der Waals surface area contributed by atoms with E-state index in [4.69, 9.17) is 9.73 Å². The Labute approximate surface area is 164 Å². The minimum absolute atomic E-state index is 0. The second-order valence-corrected chi connectivity index (χ2v) is 7.25. The first kappa shape index (κ1) is 20.2. The van der Waals surface area contributed by atoms with Crippen LogP contribution in [0.15, 0.2) is 4.99 Å². The normalized spacial score (nSPS) is 25.4. The second kappa shape index (κ2) is 10.2. The summed E-state index contributed by atoms with van der Waals surface area (Å²) in [6.45, 7) is 10.3. The van der Waals surface area contributed by atoms with Gasteiger partial charge in [-0.1, -0.05) is 19.3 Å². The maximum absolute atomic E-state index is 5.58. The van der Waals surface area contributed by atoms with Crippen LogP contribution in [0.25, 0.3) is 0 Å². The molecule has 1 aliphatic carbocycles. The maximum Gasteiger partial charge on any atom is 0.193 e. The largest absolute Gasteiger partial charge is 0.379 e. The number of hydrogen-bond acceptors (Lipinski definition) is 3. The number of guanidine groups is 1. The molecule has 0 spiro atoms. The summed E-state index contributed by atoms with van der Waals surface area (Å²) in [6, 6.07) is 0. The Balaban J connectivity index is 0.00000208. The molecule has 0 aromatic heterocycles. The molecule has 2 saturated heterocycles. The van der Waals surface area contributed by atoms with Gasteiger partial charge in [0.05, 0.1) is 19.8 Å². The minimum atomic E-state index is 0. The summed E-state index contributed by atoms with van der Waals surface area (Å²) in [6.07, 6.45) is 9.31. The van der Waals surface area contributed by atoms with Crippen LogP contribution in [0.1, 0.15) is 51.9 Å². The molecule has 140 valence electrons. The molecule has 24 heavy (non-hydrogen) atoms. The van der Waals surface area contributed by atoms with Crippen molar-refractivity contribution in [2.45, 2.75) is 57.4 Å². The van der Waals surface area contributed by atoms with Gasteiger partial charge in [0, 0.05) is 38.3 Å². The van der Waals surface area contributed by atoms with E-state index in [-0.39, 0.29) is 29.5 Å². The highest BCUT2D eigenvalue weighted by Gasteiger charge is 2.38. The fraction of sp³-hybridized carbons (Fsp3) is 0.944. The number of likely N-dealkylation sites (tertiary alicyclic amines) is 1. The first-order valence-electron chi connectivity index (χ1n) is 9.70. The molecule has 0 unspecified atom stereocenters. The van der Waals surface area contributed by atoms with Crippen LogP contribution < -0.4 is 5.32 Å². The molecule has 3 fully saturated rings. The Morgan fingerprint density at radius 2 is 1.67 bits per heavy atom. The van der Waals surface area contributed by atoms with Crippen LogP contribution in [0.3, 0.4) is 0 Å². The van der Waals surface area contributed by atoms with Crippen LogP contribution in [0.2, 0.25) is 0 Å². The monoisotopic (exact) mass is 450 g/mol. The van der Waals surface area contributed by atoms with Crippen molar-refractivity contribution in [1.82, 2.24) is 15.1 Å². The highest BCUT2D eigenvalue weighted by atomic mass is 127. The summed E-state index contributed by atoms with van der Waals surface area (Å²) in [5.41, 5.74) is 0.280. The number of morpholine rings is 1. The topological polar surface area (TPSA) is 40.1 Å². The lowest BCUT2D eigenvalue weighted by molar-refractivity contribution is -0.0334. The number of halogens is 1. The standard InChI is InChI=1S/C18H34N4O.HI/c1-2-19-17(21-10-6-7-11-21)20-16-18(8-4-3-5-9-18)22-12-14-23-15-13-22;/h2-16H2,1H3,(H,19,20);1H. The van der Waals surface area contributed by atoms with Gasteiger partial charge >= 0.3 is 0 Å². The van der Waals surface area contributed by atoms with Crippen LogP contribution >= 0.6 is 24.0 Å². The predicted octanol–water partition coefficient (Wildman–Crippen LogP) is 2.70. The molecule has 2 heterocycles. The fourth-order valence-electron chi connectivity index (χ4n) is 4.40. The first-order chi connectivity index (χ1) is 11.3. The molecular weight excluding hydrogens is 415 g/mol. The third kappa shape index (κ3) is 4.97. The summed E-state index contributed by atoms with van der Waals surface area (Å²) in [5.74, 6) is 1.14. The minimum Gasteiger partial charge on any atom is -0.379 e. The van der Waals surface area contributed by atoms with Crippen molar-refractivity contribution in [3.63, 3.8) is 0 Å². The van der Waals surface area contributed by atoms with E-state index in [1.54, 1.807) is 0 Å². The lowest BCUT2D eigenvalue weighted by atomic mass is 9.80. The van der Waals surface area contributed by atoms with Gasteiger partial charge in [0.1, 0.15) is 0 Å². The zero-order valence-electron chi connectivity index (χ0n) is 15.3. The summed E-state index contributed by atoms with van der Waals surface area (Å²) >= 11 is 0. The second-order valence-electron chi connectivity index (χ2n) is 7.25. The molecule has 1 saturated carbocycles. The summed E-state index contributed by atoms with van der Waals surface area (Å²) in [4.78, 5) is 10.2. The van der Waals surface area contributed by atoms with Crippen molar-refractivity contribution >= 4 is 29.9 Å². The van der Waals surface area contributed by atoms with Crippen LogP contribution in [0, 0.1) is 0 Å². The smallest absolute Gasteiger partial charge is 0.193 e. The lowest BCUT2D eigenvalue weighted by Crippen LogP contribution is -2.56. The van der Waals surface area contributed by atoms with Gasteiger partial charge < -0.3 is 15.0 Å². The van der Waals surface area contributed by atoms with Gasteiger partial charge in [0.15, 0.2) is 5.96 Å². The molecule has 6 heteroatoms. The molecule has 3 aliphatic rings. The zero-order valence-corrected chi connectivity index (χ0v) is 17.6. The third-order valence-corrected chi connectivity index (χ3v) is 5.73. The summed E-state index contributed by atoms with van der Waals surface area (Å²) in [5, 5.41) is 3.52. The van der Waals surface area contributed by atoms with Crippen LogP contribution in [-0.2, 0) is 4.74 Å². The van der Waals surface area contributed by atoms with E-state index in [0.29, 0.717) is 0 Å². The van der Waals surface area contributed by atoms with E-state index < -0.39 is 0 Å². The van der Waals surface area contributed by atoms with Crippen molar-refractivity contribution in [2.75, 3.05) is 52.5 Å². The van der Waals surface area contributed by atoms with Crippen molar-refractivity contribution in [1.29, 1.82) is 0 Å². The molecule has 2 aliphatic heterocycles. The van der Waals surface area contributed by atoms with E-state index in [0.717, 1.165) is 58.4 Å². The molecule has 0 atom stereocenters. The van der Waals surface area contributed by atoms with Crippen LogP contribution in [0.5, 0.6) is 0 Å². The SMILES string of the molecule is CCNC(=NCC1(N2CCOCC2)CCCCC1)N1CCCC1.I. The number of ether oxygens (including phenoxy) is 1. The van der Waals surface area contributed by atoms with Gasteiger partial charge in [-0.2, -0.15) is 0 Å². The molecule has 5 nitrogen and oxygen atoms in total. The van der Waals surface area contributed by atoms with E-state index in [2.05, 4.69) is 22.0 Å². The van der Waals surface area contributed by atoms with Gasteiger partial charge in [-0.05, 0) is 32.6 Å². The van der Waals surface area contributed by atoms with Gasteiger partial charge in [-0.3, -0.25) is 9.89 Å². The van der Waals surface area contributed by atoms with E-state index in [1.807, 2.05) is 0 Å². The number of nitrogens with one attached hydrogen (secondary N) is 1. The van der Waals surface area contributed by atoms with Crippen molar-refractivity contribution in [2.24, 2.45) is 4.99 Å². The number of hydrogen-bond donors (Lipinski definition) is 1. The van der Waals surface area contributed by atoms with Crippen molar-refractivity contribution in [3.05, 3.63) is 0 Å². The number of aliphatic imine (C=N–C) groups is 1. The third-order valence-electron chi connectivity index (χ3n) is 5.73. The Morgan fingerprint density at radius 1 is 1.00 bits per heavy atom. The number of rotatable bonds is 4. The molecular formula is C18H35IN4O. The average molecular weight is 450 g/mol. The molecule has 0 aromatic carbocycles. The Morgan fingerprint density at radius 3 is 2.29 bits per heavy atom. The Bertz CT molecular complexity index is 386. The van der Waals surface area contributed by atoms with Crippen molar-refractivity contribution < 1.29 is 4.74 Å². The quantitative estimate of drug-likeness (QED) is 0.406. The van der Waals surface area contributed by atoms with Gasteiger partial charge in [-0.15, -0.1) is 24.0 Å². The van der Waals surface area contributed by atoms with E-state index in [1.165, 1.54) is 44.9 Å². The molecule has 1 N–H and O–H groups in total. The van der Waals surface area contributed by atoms with E-state index >= 15 is 0 Å². The molecule has 3 rings (SSSR count). The predicted molar refractivity (Wildman–Crippen MR) is 110 cm³/mol. The maximum atomic E-state index is 5.58. The highest BCUT2D eigenvalue weighted by Crippen LogP contribution is 2.34. The van der Waals surface area contributed by atoms with Gasteiger partial charge in [0.25, 0.3) is 0 Å². The lowest BCUT2D eigenvalue weighted by Gasteiger charge is -2.47. The number of nitrogens with zero attached hydrogens (tertiary/aromatic N) is 3.